The van der Waals surface area contributed by atoms with Crippen LogP contribution in [-0.4, -0.2) is 93.7 Å². The third-order valence-electron chi connectivity index (χ3n) is 10.1. The number of carbonyl (C=O) groups is 4. The summed E-state index contributed by atoms with van der Waals surface area (Å²) in [5.74, 6) is -1.89. The Morgan fingerprint density at radius 1 is 1.12 bits per heavy atom. The molecule has 3 amide bonds. The summed E-state index contributed by atoms with van der Waals surface area (Å²) in [6, 6.07) is 8.08. The van der Waals surface area contributed by atoms with Crippen LogP contribution in [0.5, 0.6) is 5.88 Å². The lowest BCUT2D eigenvalue weighted by Crippen LogP contribution is -2.58. The van der Waals surface area contributed by atoms with Crippen molar-refractivity contribution in [3.63, 3.8) is 0 Å². The smallest absolute Gasteiger partial charge is 0.408 e. The van der Waals surface area contributed by atoms with E-state index in [2.05, 4.69) is 20.5 Å². The normalized spacial score (nSPS) is 30.2. The number of nitrogens with one attached hydrogen (secondary N) is 2. The van der Waals surface area contributed by atoms with Gasteiger partial charge in [0.15, 0.2) is 0 Å². The Bertz CT molecular complexity index is 1600. The molecule has 1 saturated carbocycles. The zero-order chi connectivity index (χ0) is 34.2. The number of carbonyl (C=O) groups excluding carboxylic acids is 3. The van der Waals surface area contributed by atoms with Crippen LogP contribution in [0.2, 0.25) is 0 Å². The molecule has 1 aromatic carbocycles. The van der Waals surface area contributed by atoms with Crippen LogP contribution >= 0.6 is 0 Å². The van der Waals surface area contributed by atoms with Crippen molar-refractivity contribution in [1.82, 2.24) is 25.4 Å². The highest BCUT2D eigenvalue weighted by molar-refractivity contribution is 5.96. The number of amides is 3. The first-order valence-corrected chi connectivity index (χ1v) is 17.1. The first-order valence-electron chi connectivity index (χ1n) is 17.1. The SMILES string of the molecule is COc1cc(CN2C[C@H]3CN4C(=O)[C@H](NC(=O)OC(C)(C)C)CCCCC/C=C\[C@H]5C[C@@]5(C(=O)O)NC(=O)[C@@H]4[C@H]3C2)c2ccccc2n1. The first-order chi connectivity index (χ1) is 22.9. The molecule has 1 aromatic heterocycles. The van der Waals surface area contributed by atoms with E-state index in [9.17, 15) is 24.3 Å². The number of hydrogen-bond donors (Lipinski definition) is 3. The van der Waals surface area contributed by atoms with Crippen molar-refractivity contribution in [2.75, 3.05) is 26.7 Å². The summed E-state index contributed by atoms with van der Waals surface area (Å²) in [4.78, 5) is 62.5. The number of carboxylic acids is 1. The van der Waals surface area contributed by atoms with Gasteiger partial charge in [-0.25, -0.2) is 14.6 Å². The van der Waals surface area contributed by atoms with E-state index < -0.39 is 41.2 Å². The number of methoxy groups -OCH3 is 1. The largest absolute Gasteiger partial charge is 0.481 e. The Balaban J connectivity index is 1.29. The molecule has 12 heteroatoms. The molecule has 0 bridgehead atoms. The van der Waals surface area contributed by atoms with Crippen molar-refractivity contribution >= 4 is 34.8 Å². The highest BCUT2D eigenvalue weighted by Crippen LogP contribution is 2.46. The number of fused-ring (bicyclic) bond motifs is 5. The average Bonchev–Trinajstić information content (AvgIpc) is 3.40. The molecule has 4 aliphatic rings. The lowest BCUT2D eigenvalue weighted by atomic mass is 9.93. The fourth-order valence-electron chi connectivity index (χ4n) is 7.74. The molecule has 48 heavy (non-hydrogen) atoms. The van der Waals surface area contributed by atoms with Crippen LogP contribution in [0.25, 0.3) is 10.9 Å². The van der Waals surface area contributed by atoms with Crippen LogP contribution in [0.4, 0.5) is 4.79 Å². The summed E-state index contributed by atoms with van der Waals surface area (Å²) in [6.45, 7) is 7.41. The quantitative estimate of drug-likeness (QED) is 0.406. The van der Waals surface area contributed by atoms with E-state index in [1.807, 2.05) is 42.5 Å². The van der Waals surface area contributed by atoms with Crippen LogP contribution < -0.4 is 15.4 Å². The molecule has 3 aliphatic heterocycles. The van der Waals surface area contributed by atoms with E-state index in [0.29, 0.717) is 51.3 Å². The topological polar surface area (TPSA) is 150 Å². The summed E-state index contributed by atoms with van der Waals surface area (Å²) in [5.41, 5.74) is -0.249. The first kappa shape index (κ1) is 33.7. The van der Waals surface area contributed by atoms with Crippen LogP contribution in [-0.2, 0) is 25.7 Å². The van der Waals surface area contributed by atoms with E-state index in [-0.39, 0.29) is 23.7 Å². The number of carboxylic acid groups (broad SMARTS) is 1. The summed E-state index contributed by atoms with van der Waals surface area (Å²) in [7, 11) is 1.59. The number of para-hydroxylation sites is 1. The minimum absolute atomic E-state index is 0.0172. The summed E-state index contributed by atoms with van der Waals surface area (Å²) in [5, 5.41) is 17.0. The fourth-order valence-corrected chi connectivity index (χ4v) is 7.74. The molecule has 3 N–H and O–H groups in total. The Kier molecular flexibility index (Phi) is 9.39. The van der Waals surface area contributed by atoms with Gasteiger partial charge in [-0.3, -0.25) is 14.5 Å². The van der Waals surface area contributed by atoms with Crippen LogP contribution in [0.3, 0.4) is 0 Å². The molecule has 3 fully saturated rings. The number of benzene rings is 1. The number of allylic oxidation sites excluding steroid dienone is 1. The number of aromatic nitrogens is 1. The van der Waals surface area contributed by atoms with Gasteiger partial charge < -0.3 is 30.1 Å². The maximum Gasteiger partial charge on any atom is 0.408 e. The summed E-state index contributed by atoms with van der Waals surface area (Å²) >= 11 is 0. The van der Waals surface area contributed by atoms with Crippen molar-refractivity contribution < 1.29 is 33.8 Å². The van der Waals surface area contributed by atoms with Crippen molar-refractivity contribution in [2.24, 2.45) is 17.8 Å². The molecule has 6 atom stereocenters. The third-order valence-corrected chi connectivity index (χ3v) is 10.1. The van der Waals surface area contributed by atoms with Crippen LogP contribution in [0.15, 0.2) is 42.5 Å². The number of rotatable bonds is 5. The number of ether oxygens (including phenoxy) is 2. The lowest BCUT2D eigenvalue weighted by molar-refractivity contribution is -0.146. The Morgan fingerprint density at radius 2 is 1.92 bits per heavy atom. The number of aliphatic carboxylic acids is 1. The number of likely N-dealkylation sites (tertiary alicyclic amines) is 1. The van der Waals surface area contributed by atoms with Gasteiger partial charge in [0.1, 0.15) is 23.2 Å². The van der Waals surface area contributed by atoms with Gasteiger partial charge in [0.2, 0.25) is 17.7 Å². The zero-order valence-electron chi connectivity index (χ0n) is 28.2. The van der Waals surface area contributed by atoms with E-state index in [1.165, 1.54) is 0 Å². The monoisotopic (exact) mass is 661 g/mol. The molecular weight excluding hydrogens is 614 g/mol. The van der Waals surface area contributed by atoms with Crippen molar-refractivity contribution in [3.8, 4) is 5.88 Å². The average molecular weight is 662 g/mol. The van der Waals surface area contributed by atoms with Gasteiger partial charge in [-0.05, 0) is 64.0 Å². The highest BCUT2D eigenvalue weighted by atomic mass is 16.6. The van der Waals surface area contributed by atoms with E-state index in [4.69, 9.17) is 9.47 Å². The zero-order valence-corrected chi connectivity index (χ0v) is 28.2. The molecule has 0 radical (unpaired) electrons. The van der Waals surface area contributed by atoms with Crippen molar-refractivity contribution in [1.29, 1.82) is 0 Å². The minimum Gasteiger partial charge on any atom is -0.481 e. The van der Waals surface area contributed by atoms with Gasteiger partial charge in [-0.15, -0.1) is 0 Å². The predicted molar refractivity (Wildman–Crippen MR) is 178 cm³/mol. The van der Waals surface area contributed by atoms with Crippen LogP contribution in [0, 0.1) is 17.8 Å². The molecule has 1 aliphatic carbocycles. The van der Waals surface area contributed by atoms with Crippen LogP contribution in [0.1, 0.15) is 64.9 Å². The molecular formula is C36H47N5O7. The summed E-state index contributed by atoms with van der Waals surface area (Å²) < 4.78 is 11.0. The third kappa shape index (κ3) is 6.99. The molecule has 4 heterocycles. The number of hydrogen-bond acceptors (Lipinski definition) is 8. The fraction of sp³-hybridized carbons (Fsp3) is 0.583. The maximum absolute atomic E-state index is 14.4. The molecule has 2 aromatic rings. The molecule has 258 valence electrons. The minimum atomic E-state index is -1.39. The predicted octanol–water partition coefficient (Wildman–Crippen LogP) is 3.88. The molecule has 0 spiro atoms. The standard InChI is InChI=1S/C36H47N5O7/c1-35(2,3)48-34(46)38-28-15-9-7-5-6-8-12-24-17-36(24,33(44)45)39-31(42)30-26-21-40(19-23(26)20-41(30)32(28)43)18-22-16-29(47-4)37-27-14-11-10-13-25(22)27/h8,10-14,16,23-24,26,28,30H,5-7,9,15,17-21H2,1-4H3,(H,38,46)(H,39,42)(H,44,45)/b12-8-/t23-,24-,26-,28+,30-,36+/m0/s1. The van der Waals surface area contributed by atoms with E-state index >= 15 is 0 Å². The molecule has 2 saturated heterocycles. The van der Waals surface area contributed by atoms with Crippen molar-refractivity contribution in [3.05, 3.63) is 48.0 Å². The molecule has 6 rings (SSSR count). The number of alkyl carbamates (subject to hydrolysis) is 1. The number of pyridine rings is 1. The second kappa shape index (κ2) is 13.4. The molecule has 0 unspecified atom stereocenters. The van der Waals surface area contributed by atoms with Gasteiger partial charge in [-0.2, -0.15) is 0 Å². The maximum atomic E-state index is 14.4. The second-order valence-electron chi connectivity index (χ2n) is 14.7. The lowest BCUT2D eigenvalue weighted by Gasteiger charge is -2.33. The van der Waals surface area contributed by atoms with Gasteiger partial charge in [0, 0.05) is 49.5 Å². The summed E-state index contributed by atoms with van der Waals surface area (Å²) in [6.07, 6.45) is 7.13. The number of nitrogens with zero attached hydrogens (tertiary/aromatic N) is 3. The van der Waals surface area contributed by atoms with Gasteiger partial charge in [0.25, 0.3) is 0 Å². The Morgan fingerprint density at radius 3 is 2.67 bits per heavy atom. The van der Waals surface area contributed by atoms with Gasteiger partial charge >= 0.3 is 12.1 Å². The molecule has 12 nitrogen and oxygen atoms in total. The Labute approximate surface area is 281 Å². The highest BCUT2D eigenvalue weighted by Gasteiger charge is 2.62. The van der Waals surface area contributed by atoms with E-state index in [1.54, 1.807) is 32.8 Å². The van der Waals surface area contributed by atoms with E-state index in [0.717, 1.165) is 35.7 Å². The van der Waals surface area contributed by atoms with Gasteiger partial charge in [-0.1, -0.05) is 43.2 Å². The van der Waals surface area contributed by atoms with Crippen molar-refractivity contribution in [2.45, 2.75) is 89.1 Å². The Hall–Kier alpha value is -4.19. The van der Waals surface area contributed by atoms with Gasteiger partial charge in [0.05, 0.1) is 12.6 Å². The second-order valence-corrected chi connectivity index (χ2v) is 14.7.